The molecule has 1 unspecified atom stereocenters. The molecular formula is C51H64N10O8S. The molecule has 1 saturated heterocycles. The molecule has 0 radical (unpaired) electrons. The van der Waals surface area contributed by atoms with Crippen molar-refractivity contribution in [3.63, 3.8) is 0 Å². The number of likely N-dealkylation sites (tertiary alicyclic amines) is 1. The first kappa shape index (κ1) is 52.4. The molecule has 1 heterocycles. The van der Waals surface area contributed by atoms with Gasteiger partial charge < -0.3 is 36.8 Å². The Morgan fingerprint density at radius 1 is 0.729 bits per heavy atom. The molecule has 2 fully saturated rings. The van der Waals surface area contributed by atoms with Gasteiger partial charge >= 0.3 is 6.03 Å². The quantitative estimate of drug-likeness (QED) is 0.0449. The largest absolute Gasteiger partial charge is 0.357 e. The van der Waals surface area contributed by atoms with Crippen molar-refractivity contribution >= 4 is 51.3 Å². The summed E-state index contributed by atoms with van der Waals surface area (Å²) in [6.07, 6.45) is 5.02. The summed E-state index contributed by atoms with van der Waals surface area (Å²) in [5, 5.41) is 21.0. The van der Waals surface area contributed by atoms with Crippen molar-refractivity contribution in [3.05, 3.63) is 138 Å². The van der Waals surface area contributed by atoms with Gasteiger partial charge in [-0.25, -0.2) is 23.4 Å². The van der Waals surface area contributed by atoms with E-state index in [0.29, 0.717) is 12.0 Å². The second-order valence-corrected chi connectivity index (χ2v) is 19.1. The molecule has 0 aromatic heterocycles. The van der Waals surface area contributed by atoms with E-state index >= 15 is 0 Å². The highest BCUT2D eigenvalue weighted by Gasteiger charge is 2.45. The summed E-state index contributed by atoms with van der Waals surface area (Å²) in [6.45, 7) is 1.09. The Labute approximate surface area is 409 Å². The van der Waals surface area contributed by atoms with E-state index in [2.05, 4.69) is 47.2 Å². The van der Waals surface area contributed by atoms with Crippen LogP contribution in [-0.4, -0.2) is 106 Å². The fraction of sp³-hybridized carbons (Fsp3) is 0.392. The maximum atomic E-state index is 14.8. The summed E-state index contributed by atoms with van der Waals surface area (Å²) in [5.74, 6) is -3.17. The van der Waals surface area contributed by atoms with Crippen LogP contribution in [0.1, 0.15) is 87.1 Å². The number of hydrogen-bond acceptors (Lipinski definition) is 10. The van der Waals surface area contributed by atoms with Crippen LogP contribution in [-0.2, 0) is 34.0 Å². The molecule has 4 aromatic carbocycles. The lowest BCUT2D eigenvalue weighted by Gasteiger charge is -2.34. The summed E-state index contributed by atoms with van der Waals surface area (Å²) < 4.78 is 29.9. The average Bonchev–Trinajstić information content (AvgIpc) is 3.81. The van der Waals surface area contributed by atoms with Gasteiger partial charge in [-0.1, -0.05) is 142 Å². The summed E-state index contributed by atoms with van der Waals surface area (Å²) in [7, 11) is -0.927. The van der Waals surface area contributed by atoms with Gasteiger partial charge in [-0.2, -0.15) is 5.10 Å². The summed E-state index contributed by atoms with van der Waals surface area (Å²) >= 11 is 0. The first-order chi connectivity index (χ1) is 33.8. The van der Waals surface area contributed by atoms with E-state index in [4.69, 9.17) is 0 Å². The molecular weight excluding hydrogens is 913 g/mol. The van der Waals surface area contributed by atoms with Crippen LogP contribution in [0.5, 0.6) is 0 Å². The number of carbonyl (C=O) groups excluding carboxylic acids is 6. The molecule has 70 heavy (non-hydrogen) atoms. The van der Waals surface area contributed by atoms with Gasteiger partial charge in [0.2, 0.25) is 33.7 Å². The van der Waals surface area contributed by atoms with Crippen LogP contribution in [0.25, 0.3) is 0 Å². The SMILES string of the molecule is CCC[C@H](NC(=O)C1C[C@@H](NS(=O)(=O)c2ccccc2)CN1C(=O)[C@@H](NC)C1CCCCC1)C(=NNC(=O)NC(c1ccccc1)c1ccccc1)C(=O)NCC(=O)N[C@H](C(=O)NC)c1ccccc1. The summed E-state index contributed by atoms with van der Waals surface area (Å²) in [5.41, 5.74) is 4.10. The molecule has 372 valence electrons. The topological polar surface area (TPSA) is 248 Å². The van der Waals surface area contributed by atoms with Crippen molar-refractivity contribution in [2.75, 3.05) is 27.2 Å². The molecule has 4 aromatic rings. The Morgan fingerprint density at radius 3 is 1.86 bits per heavy atom. The number of likely N-dealkylation sites (N-methyl/N-ethyl adjacent to an activating group) is 2. The predicted molar refractivity (Wildman–Crippen MR) is 265 cm³/mol. The lowest BCUT2D eigenvalue weighted by atomic mass is 9.83. The number of amides is 7. The van der Waals surface area contributed by atoms with Crippen molar-refractivity contribution in [2.24, 2.45) is 11.0 Å². The second kappa shape index (κ2) is 25.6. The van der Waals surface area contributed by atoms with E-state index in [9.17, 15) is 37.2 Å². The molecule has 18 nitrogen and oxygen atoms in total. The first-order valence-corrected chi connectivity index (χ1v) is 25.2. The number of hydrazone groups is 1. The van der Waals surface area contributed by atoms with E-state index in [1.165, 1.54) is 24.1 Å². The van der Waals surface area contributed by atoms with Crippen LogP contribution in [0.2, 0.25) is 0 Å². The fourth-order valence-corrected chi connectivity index (χ4v) is 10.4. The Hall–Kier alpha value is -6.96. The number of rotatable bonds is 21. The van der Waals surface area contributed by atoms with Crippen LogP contribution in [0.15, 0.2) is 131 Å². The molecule has 0 spiro atoms. The van der Waals surface area contributed by atoms with Gasteiger partial charge in [0, 0.05) is 19.6 Å². The number of nitrogens with zero attached hydrogens (tertiary/aromatic N) is 2. The third-order valence-electron chi connectivity index (χ3n) is 12.6. The molecule has 2 aliphatic rings. The molecule has 1 aliphatic carbocycles. The van der Waals surface area contributed by atoms with Gasteiger partial charge in [0.1, 0.15) is 17.8 Å². The van der Waals surface area contributed by atoms with Gasteiger partial charge in [0.25, 0.3) is 5.91 Å². The molecule has 7 amide bonds. The number of hydrogen-bond donors (Lipinski definition) is 8. The van der Waals surface area contributed by atoms with Gasteiger partial charge in [-0.3, -0.25) is 24.0 Å². The third kappa shape index (κ3) is 14.1. The zero-order chi connectivity index (χ0) is 50.0. The maximum Gasteiger partial charge on any atom is 0.335 e. The highest BCUT2D eigenvalue weighted by molar-refractivity contribution is 7.89. The highest BCUT2D eigenvalue weighted by atomic mass is 32.2. The minimum Gasteiger partial charge on any atom is -0.357 e. The Balaban J connectivity index is 1.29. The van der Waals surface area contributed by atoms with E-state index in [1.807, 2.05) is 67.6 Å². The molecule has 1 saturated carbocycles. The average molecular weight is 977 g/mol. The van der Waals surface area contributed by atoms with E-state index < -0.39 is 82.5 Å². The number of nitrogens with one attached hydrogen (secondary N) is 8. The molecule has 8 N–H and O–H groups in total. The van der Waals surface area contributed by atoms with Gasteiger partial charge in [0.05, 0.1) is 29.6 Å². The number of sulfonamides is 1. The molecule has 0 bridgehead atoms. The van der Waals surface area contributed by atoms with Gasteiger partial charge in [-0.05, 0) is 67.5 Å². The van der Waals surface area contributed by atoms with Crippen LogP contribution in [0.3, 0.4) is 0 Å². The zero-order valence-electron chi connectivity index (χ0n) is 39.7. The van der Waals surface area contributed by atoms with Crippen LogP contribution >= 0.6 is 0 Å². The molecule has 5 atom stereocenters. The molecule has 19 heteroatoms. The predicted octanol–water partition coefficient (Wildman–Crippen LogP) is 3.55. The molecule has 6 rings (SSSR count). The standard InChI is InChI=1S/C51H64N10O8S/c1-4-20-40(55-47(63)41-31-38(60-70(68,69)39-29-18-9-19-30-39)33-61(41)50(66)45(52-2)37-27-16-8-17-28-37)46(49(65)54-32-42(62)56-44(48(64)53-3)36-25-14-7-15-26-36)58-59-51(67)57-43(34-21-10-5-11-22-34)35-23-12-6-13-24-35/h5-7,9-15,18-19,21-26,29-30,37-38,40-41,43-45,52,60H,4,8,16-17,20,27-28,31-33H2,1-3H3,(H,53,64)(H,54,65)(H,55,63)(H,56,62)(H2,57,59,67)/t38-,40+,41?,44+,45+/m1/s1. The van der Waals surface area contributed by atoms with E-state index in [0.717, 1.165) is 43.2 Å². The normalized spacial score (nSPS) is 17.7. The number of carbonyl (C=O) groups is 6. The van der Waals surface area contributed by atoms with Crippen LogP contribution in [0.4, 0.5) is 4.79 Å². The first-order valence-electron chi connectivity index (χ1n) is 23.8. The summed E-state index contributed by atoms with van der Waals surface area (Å²) in [6, 6.07) is 28.5. The number of urea groups is 1. The van der Waals surface area contributed by atoms with Crippen molar-refractivity contribution in [1.82, 2.24) is 46.9 Å². The smallest absolute Gasteiger partial charge is 0.335 e. The maximum absolute atomic E-state index is 14.8. The second-order valence-electron chi connectivity index (χ2n) is 17.4. The van der Waals surface area contributed by atoms with E-state index in [1.54, 1.807) is 55.6 Å². The van der Waals surface area contributed by atoms with Gasteiger partial charge in [0.15, 0.2) is 0 Å². The van der Waals surface area contributed by atoms with Crippen molar-refractivity contribution in [1.29, 1.82) is 0 Å². The monoisotopic (exact) mass is 976 g/mol. The minimum atomic E-state index is -4.06. The Kier molecular flexibility index (Phi) is 19.2. The Morgan fingerprint density at radius 2 is 1.30 bits per heavy atom. The minimum absolute atomic E-state index is 0.00224. The Bertz CT molecular complexity index is 2490. The van der Waals surface area contributed by atoms with Crippen LogP contribution in [0, 0.1) is 5.92 Å². The van der Waals surface area contributed by atoms with E-state index in [-0.39, 0.29) is 41.8 Å². The summed E-state index contributed by atoms with van der Waals surface area (Å²) in [4.78, 5) is 85.1. The van der Waals surface area contributed by atoms with Gasteiger partial charge in [-0.15, -0.1) is 0 Å². The van der Waals surface area contributed by atoms with Crippen LogP contribution < -0.4 is 42.0 Å². The molecule has 1 aliphatic heterocycles. The van der Waals surface area contributed by atoms with Crippen molar-refractivity contribution < 1.29 is 37.2 Å². The lowest BCUT2D eigenvalue weighted by Crippen LogP contribution is -2.57. The zero-order valence-corrected chi connectivity index (χ0v) is 40.5. The number of benzene rings is 4. The lowest BCUT2D eigenvalue weighted by molar-refractivity contribution is -0.141. The van der Waals surface area contributed by atoms with Crippen molar-refractivity contribution in [2.45, 2.75) is 99.4 Å². The third-order valence-corrected chi connectivity index (χ3v) is 14.1. The highest BCUT2D eigenvalue weighted by Crippen LogP contribution is 2.30. The fourth-order valence-electron chi connectivity index (χ4n) is 9.11. The van der Waals surface area contributed by atoms with Crippen molar-refractivity contribution in [3.8, 4) is 0 Å².